The van der Waals surface area contributed by atoms with Crippen LogP contribution >= 0.6 is 0 Å². The van der Waals surface area contributed by atoms with E-state index in [1.165, 1.54) is 31.2 Å². The average molecular weight is 247 g/mol. The summed E-state index contributed by atoms with van der Waals surface area (Å²) in [6.07, 6.45) is 9.65. The summed E-state index contributed by atoms with van der Waals surface area (Å²) in [6.45, 7) is 0. The molecule has 0 aromatic heterocycles. The van der Waals surface area contributed by atoms with Crippen LogP contribution in [-0.4, -0.2) is 13.1 Å². The van der Waals surface area contributed by atoms with Gasteiger partial charge in [-0.2, -0.15) is 0 Å². The molecule has 98 valence electrons. The minimum absolute atomic E-state index is 0.158. The monoisotopic (exact) mass is 247 g/mol. The Bertz CT molecular complexity index is 394. The van der Waals surface area contributed by atoms with E-state index >= 15 is 0 Å². The normalized spacial score (nSPS) is 17.3. The standard InChI is InChI=1S/C16H22FN/c1-18-16(11-13-5-3-2-4-6-13)12-14-7-9-15(17)10-8-14/h5,7-10,16,18H,2-4,6,11-12H2,1H3. The summed E-state index contributed by atoms with van der Waals surface area (Å²) in [6, 6.07) is 7.31. The minimum atomic E-state index is -0.158. The van der Waals surface area contributed by atoms with Crippen LogP contribution in [0.1, 0.15) is 37.7 Å². The molecule has 1 aliphatic carbocycles. The van der Waals surface area contributed by atoms with E-state index in [2.05, 4.69) is 11.4 Å². The molecule has 0 amide bonds. The molecular formula is C16H22FN. The molecule has 0 bridgehead atoms. The molecule has 18 heavy (non-hydrogen) atoms. The van der Waals surface area contributed by atoms with Crippen molar-refractivity contribution in [3.63, 3.8) is 0 Å². The number of nitrogens with one attached hydrogen (secondary N) is 1. The molecule has 0 fully saturated rings. The summed E-state index contributed by atoms with van der Waals surface area (Å²) in [5.41, 5.74) is 2.79. The van der Waals surface area contributed by atoms with Crippen LogP contribution in [0.15, 0.2) is 35.9 Å². The van der Waals surface area contributed by atoms with Gasteiger partial charge in [-0.05, 0) is 63.3 Å². The Labute approximate surface area is 109 Å². The zero-order valence-electron chi connectivity index (χ0n) is 11.1. The summed E-state index contributed by atoms with van der Waals surface area (Å²) in [5.74, 6) is -0.158. The molecular weight excluding hydrogens is 225 g/mol. The first-order valence-electron chi connectivity index (χ1n) is 6.87. The van der Waals surface area contributed by atoms with E-state index in [0.717, 1.165) is 12.8 Å². The maximum Gasteiger partial charge on any atom is 0.123 e. The van der Waals surface area contributed by atoms with Crippen molar-refractivity contribution >= 4 is 0 Å². The fourth-order valence-corrected chi connectivity index (χ4v) is 2.59. The number of hydrogen-bond acceptors (Lipinski definition) is 1. The molecule has 2 rings (SSSR count). The summed E-state index contributed by atoms with van der Waals surface area (Å²) < 4.78 is 12.9. The maximum absolute atomic E-state index is 12.9. The van der Waals surface area contributed by atoms with E-state index in [1.807, 2.05) is 19.2 Å². The van der Waals surface area contributed by atoms with Crippen molar-refractivity contribution in [2.75, 3.05) is 7.05 Å². The van der Waals surface area contributed by atoms with Crippen LogP contribution in [-0.2, 0) is 6.42 Å². The first kappa shape index (κ1) is 13.3. The van der Waals surface area contributed by atoms with Crippen molar-refractivity contribution in [2.24, 2.45) is 0 Å². The van der Waals surface area contributed by atoms with Crippen LogP contribution in [0, 0.1) is 5.82 Å². The highest BCUT2D eigenvalue weighted by atomic mass is 19.1. The van der Waals surface area contributed by atoms with Crippen molar-refractivity contribution in [3.05, 3.63) is 47.3 Å². The predicted molar refractivity (Wildman–Crippen MR) is 74.1 cm³/mol. The quantitative estimate of drug-likeness (QED) is 0.779. The lowest BCUT2D eigenvalue weighted by molar-refractivity contribution is 0.531. The van der Waals surface area contributed by atoms with E-state index in [0.29, 0.717) is 6.04 Å². The second-order valence-corrected chi connectivity index (χ2v) is 5.13. The first-order valence-corrected chi connectivity index (χ1v) is 6.87. The Balaban J connectivity index is 1.92. The van der Waals surface area contributed by atoms with Gasteiger partial charge in [0.2, 0.25) is 0 Å². The third kappa shape index (κ3) is 3.95. The third-order valence-electron chi connectivity index (χ3n) is 3.70. The zero-order valence-corrected chi connectivity index (χ0v) is 11.1. The molecule has 0 saturated heterocycles. The van der Waals surface area contributed by atoms with Crippen molar-refractivity contribution in [3.8, 4) is 0 Å². The van der Waals surface area contributed by atoms with Gasteiger partial charge in [-0.3, -0.25) is 0 Å². The SMILES string of the molecule is CNC(CC1=CCCCC1)Cc1ccc(F)cc1. The lowest BCUT2D eigenvalue weighted by Crippen LogP contribution is -2.28. The van der Waals surface area contributed by atoms with E-state index in [-0.39, 0.29) is 5.82 Å². The highest BCUT2D eigenvalue weighted by molar-refractivity contribution is 5.18. The van der Waals surface area contributed by atoms with Gasteiger partial charge in [-0.15, -0.1) is 0 Å². The third-order valence-corrected chi connectivity index (χ3v) is 3.70. The van der Waals surface area contributed by atoms with Gasteiger partial charge in [0.1, 0.15) is 5.82 Å². The molecule has 1 aromatic carbocycles. The Morgan fingerprint density at radius 2 is 1.94 bits per heavy atom. The predicted octanol–water partition coefficient (Wildman–Crippen LogP) is 3.85. The molecule has 0 radical (unpaired) electrons. The highest BCUT2D eigenvalue weighted by Gasteiger charge is 2.12. The summed E-state index contributed by atoms with van der Waals surface area (Å²) in [7, 11) is 2.01. The number of likely N-dealkylation sites (N-methyl/N-ethyl adjacent to an activating group) is 1. The molecule has 1 aromatic rings. The number of benzene rings is 1. The largest absolute Gasteiger partial charge is 0.316 e. The molecule has 0 aliphatic heterocycles. The fraction of sp³-hybridized carbons (Fsp3) is 0.500. The van der Waals surface area contributed by atoms with Gasteiger partial charge in [0.25, 0.3) is 0 Å². The lowest BCUT2D eigenvalue weighted by atomic mass is 9.92. The highest BCUT2D eigenvalue weighted by Crippen LogP contribution is 2.22. The van der Waals surface area contributed by atoms with E-state index in [4.69, 9.17) is 0 Å². The van der Waals surface area contributed by atoms with Gasteiger partial charge in [0.15, 0.2) is 0 Å². The Morgan fingerprint density at radius 1 is 1.17 bits per heavy atom. The molecule has 2 heteroatoms. The smallest absolute Gasteiger partial charge is 0.123 e. The van der Waals surface area contributed by atoms with Gasteiger partial charge in [-0.25, -0.2) is 4.39 Å². The van der Waals surface area contributed by atoms with E-state index in [9.17, 15) is 4.39 Å². The number of hydrogen-bond donors (Lipinski definition) is 1. The van der Waals surface area contributed by atoms with Crippen molar-refractivity contribution < 1.29 is 4.39 Å². The molecule has 1 aliphatic rings. The molecule has 1 atom stereocenters. The molecule has 1 nitrogen and oxygen atoms in total. The van der Waals surface area contributed by atoms with Crippen molar-refractivity contribution in [2.45, 2.75) is 44.6 Å². The molecule has 0 spiro atoms. The van der Waals surface area contributed by atoms with Gasteiger partial charge in [0, 0.05) is 6.04 Å². The van der Waals surface area contributed by atoms with Crippen LogP contribution in [0.25, 0.3) is 0 Å². The Kier molecular flexibility index (Phi) is 4.94. The summed E-state index contributed by atoms with van der Waals surface area (Å²) >= 11 is 0. The molecule has 0 saturated carbocycles. The number of allylic oxidation sites excluding steroid dienone is 1. The van der Waals surface area contributed by atoms with E-state index in [1.54, 1.807) is 17.7 Å². The van der Waals surface area contributed by atoms with Crippen LogP contribution in [0.2, 0.25) is 0 Å². The number of halogens is 1. The average Bonchev–Trinajstić information content (AvgIpc) is 2.41. The second kappa shape index (κ2) is 6.69. The number of rotatable bonds is 5. The summed E-state index contributed by atoms with van der Waals surface area (Å²) in [4.78, 5) is 0. The topological polar surface area (TPSA) is 12.0 Å². The van der Waals surface area contributed by atoms with Crippen LogP contribution < -0.4 is 5.32 Å². The van der Waals surface area contributed by atoms with Gasteiger partial charge >= 0.3 is 0 Å². The van der Waals surface area contributed by atoms with Crippen LogP contribution in [0.4, 0.5) is 4.39 Å². The maximum atomic E-state index is 12.9. The van der Waals surface area contributed by atoms with Crippen molar-refractivity contribution in [1.29, 1.82) is 0 Å². The second-order valence-electron chi connectivity index (χ2n) is 5.13. The molecule has 0 heterocycles. The van der Waals surface area contributed by atoms with Crippen LogP contribution in [0.5, 0.6) is 0 Å². The fourth-order valence-electron chi connectivity index (χ4n) is 2.59. The Hall–Kier alpha value is -1.15. The lowest BCUT2D eigenvalue weighted by Gasteiger charge is -2.20. The first-order chi connectivity index (χ1) is 8.78. The zero-order chi connectivity index (χ0) is 12.8. The minimum Gasteiger partial charge on any atom is -0.316 e. The van der Waals surface area contributed by atoms with Gasteiger partial charge < -0.3 is 5.32 Å². The van der Waals surface area contributed by atoms with Gasteiger partial charge in [0.05, 0.1) is 0 Å². The van der Waals surface area contributed by atoms with Crippen molar-refractivity contribution in [1.82, 2.24) is 5.32 Å². The Morgan fingerprint density at radius 3 is 2.56 bits per heavy atom. The van der Waals surface area contributed by atoms with Crippen LogP contribution in [0.3, 0.4) is 0 Å². The van der Waals surface area contributed by atoms with E-state index < -0.39 is 0 Å². The van der Waals surface area contributed by atoms with Gasteiger partial charge in [-0.1, -0.05) is 23.8 Å². The summed E-state index contributed by atoms with van der Waals surface area (Å²) in [5, 5.41) is 3.38. The molecule has 1 unspecified atom stereocenters. The molecule has 1 N–H and O–H groups in total.